The van der Waals surface area contributed by atoms with Gasteiger partial charge in [-0.05, 0) is 111 Å². The Bertz CT molecular complexity index is 5090. The van der Waals surface area contributed by atoms with E-state index in [-0.39, 0.29) is 95.3 Å². The number of nitrogens with two attached hydrogens (primary N) is 5. The zero-order valence-electron chi connectivity index (χ0n) is 78.6. The number of aromatic hydroxyl groups is 2. The largest absolute Gasteiger partial charge is 0.508 e. The van der Waals surface area contributed by atoms with Crippen molar-refractivity contribution in [2.24, 2.45) is 40.5 Å². The van der Waals surface area contributed by atoms with E-state index in [0.29, 0.717) is 16.7 Å². The van der Waals surface area contributed by atoms with Crippen LogP contribution in [0.5, 0.6) is 11.5 Å². The minimum Gasteiger partial charge on any atom is -0.508 e. The zero-order chi connectivity index (χ0) is 104. The number of carbonyl (C=O) groups excluding carboxylic acids is 22. The molecular formula is C89H125N25O24S4. The highest BCUT2D eigenvalue weighted by atomic mass is 33.1. The Morgan fingerprint density at radius 2 is 0.739 bits per heavy atom. The number of phenols is 2. The molecule has 53 heteroatoms. The number of amides is 22. The van der Waals surface area contributed by atoms with Crippen molar-refractivity contribution in [1.29, 1.82) is 5.41 Å². The fourth-order valence-electron chi connectivity index (χ4n) is 15.8. The molecule has 5 saturated heterocycles. The van der Waals surface area contributed by atoms with Gasteiger partial charge in [-0.2, -0.15) is 0 Å². The van der Waals surface area contributed by atoms with Crippen LogP contribution >= 0.6 is 43.2 Å². The van der Waals surface area contributed by atoms with Gasteiger partial charge in [-0.3, -0.25) is 111 Å². The zero-order valence-corrected chi connectivity index (χ0v) is 81.8. The lowest BCUT2D eigenvalue weighted by molar-refractivity contribution is -0.142. The predicted molar refractivity (Wildman–Crippen MR) is 519 cm³/mol. The number of rotatable bonds is 24. The highest BCUT2D eigenvalue weighted by molar-refractivity contribution is 8.77. The maximum absolute atomic E-state index is 15.6. The maximum atomic E-state index is 15.6. The van der Waals surface area contributed by atoms with Gasteiger partial charge in [-0.1, -0.05) is 132 Å². The second-order valence-electron chi connectivity index (χ2n) is 35.1. The molecule has 774 valence electrons. The SMILES string of the molecule is CC[C@H](C)[C@@H]1NC(=O)[C@H](Cc2ccc(O)cc2)NC(=O)[C@@H]2CSSC[C@H](NC(=O)[C@H](CC(N)=O)NC(=O)[C@H](CCC(N)=O)NC1=O)C(=O)N1CCC[C@H]1C(=O)N[C@@H](CC(C)C)C(=O)NCC(=O)N[C@H]1CSSC[C@H](NC(=O)[C@H](CC(N)=O)NC(=O)[C@H](CCC(N)=O)NC(=O)[C@H](Cc3ccccc3)NC(=O)[C@H](Cc3ccc(O)cc3)NC1=O)C(=O)N1CCC[C@H]1C(=O)N[C@@H](CCCNC(=N)N)C(=O)NCC(=O)N2. The predicted octanol–water partition coefficient (Wildman–Crippen LogP) is -7.43. The van der Waals surface area contributed by atoms with Crippen molar-refractivity contribution >= 4 is 179 Å². The van der Waals surface area contributed by atoms with Crippen molar-refractivity contribution in [1.82, 2.24) is 100 Å². The van der Waals surface area contributed by atoms with Crippen molar-refractivity contribution < 1.29 is 116 Å². The smallest absolute Gasteiger partial charge is 0.246 e. The van der Waals surface area contributed by atoms with Gasteiger partial charge in [0.05, 0.1) is 25.9 Å². The molecule has 30 N–H and O–H groups in total. The van der Waals surface area contributed by atoms with Crippen LogP contribution < -0.4 is 119 Å². The summed E-state index contributed by atoms with van der Waals surface area (Å²) in [6, 6.07) is -8.74. The Balaban J connectivity index is 1.26. The highest BCUT2D eigenvalue weighted by Gasteiger charge is 2.45. The summed E-state index contributed by atoms with van der Waals surface area (Å²) in [4.78, 5) is 323. The van der Waals surface area contributed by atoms with E-state index in [0.717, 1.165) is 53.0 Å². The van der Waals surface area contributed by atoms with Crippen molar-refractivity contribution in [2.45, 2.75) is 234 Å². The molecule has 5 heterocycles. The second-order valence-corrected chi connectivity index (χ2v) is 40.2. The molecule has 0 aromatic heterocycles. The van der Waals surface area contributed by atoms with Crippen LogP contribution in [0.1, 0.15) is 134 Å². The minimum atomic E-state index is -2.02. The molecule has 5 fully saturated rings. The fraction of sp³-hybridized carbons (Fsp3) is 0.539. The molecule has 3 aromatic rings. The molecule has 142 heavy (non-hydrogen) atoms. The number of guanidine groups is 1. The molecule has 49 nitrogen and oxygen atoms in total. The van der Waals surface area contributed by atoms with Gasteiger partial charge >= 0.3 is 0 Å². The average Bonchev–Trinajstić information content (AvgIpc) is 1.64. The van der Waals surface area contributed by atoms with E-state index in [1.165, 1.54) is 48.5 Å². The molecule has 0 aliphatic carbocycles. The lowest BCUT2D eigenvalue weighted by Crippen LogP contribution is -2.62. The molecule has 4 bridgehead atoms. The number of primary amides is 4. The minimum absolute atomic E-state index is 0.0429. The quantitative estimate of drug-likeness (QED) is 0.0171. The number of benzene rings is 3. The van der Waals surface area contributed by atoms with Crippen LogP contribution in [0.4, 0.5) is 0 Å². The summed E-state index contributed by atoms with van der Waals surface area (Å²) < 4.78 is 0. The fourth-order valence-corrected chi connectivity index (χ4v) is 20.5. The first-order valence-corrected chi connectivity index (χ1v) is 51.1. The highest BCUT2D eigenvalue weighted by Crippen LogP contribution is 2.30. The Morgan fingerprint density at radius 1 is 0.394 bits per heavy atom. The van der Waals surface area contributed by atoms with Crippen LogP contribution in [0.2, 0.25) is 0 Å². The van der Waals surface area contributed by atoms with Gasteiger partial charge in [0.1, 0.15) is 108 Å². The molecule has 17 atom stereocenters. The van der Waals surface area contributed by atoms with Crippen molar-refractivity contribution in [3.8, 4) is 11.5 Å². The summed E-state index contributed by atoms with van der Waals surface area (Å²) in [7, 11) is 3.09. The van der Waals surface area contributed by atoms with Crippen LogP contribution in [-0.2, 0) is 125 Å². The number of nitrogens with one attached hydrogen (secondary N) is 18. The normalized spacial score (nSPS) is 26.1. The third-order valence-electron chi connectivity index (χ3n) is 23.5. The van der Waals surface area contributed by atoms with E-state index >= 15 is 43.2 Å². The van der Waals surface area contributed by atoms with Gasteiger partial charge in [0.2, 0.25) is 130 Å². The van der Waals surface area contributed by atoms with E-state index < -0.39 is 325 Å². The van der Waals surface area contributed by atoms with Gasteiger partial charge in [-0.25, -0.2) is 0 Å². The number of hydrogen-bond acceptors (Lipinski definition) is 29. The monoisotopic (exact) mass is 2060 g/mol. The topological polar surface area (TPSA) is 781 Å². The molecule has 3 aromatic carbocycles. The van der Waals surface area contributed by atoms with E-state index in [9.17, 15) is 72.5 Å². The van der Waals surface area contributed by atoms with Crippen LogP contribution in [0.25, 0.3) is 0 Å². The van der Waals surface area contributed by atoms with E-state index in [1.54, 1.807) is 58.0 Å². The molecule has 0 saturated carbocycles. The Morgan fingerprint density at radius 3 is 1.14 bits per heavy atom. The number of nitrogens with zero attached hydrogens (tertiary/aromatic N) is 2. The average molecular weight is 2060 g/mol. The summed E-state index contributed by atoms with van der Waals surface area (Å²) in [5.74, 6) is -28.2. The van der Waals surface area contributed by atoms with Crippen LogP contribution in [0.3, 0.4) is 0 Å². The molecule has 0 spiro atoms. The summed E-state index contributed by atoms with van der Waals surface area (Å²) in [6.45, 7) is 4.09. The number of hydrogen-bond donors (Lipinski definition) is 25. The third kappa shape index (κ3) is 36.4. The summed E-state index contributed by atoms with van der Waals surface area (Å²) in [6.07, 6.45) is -5.77. The van der Waals surface area contributed by atoms with E-state index in [2.05, 4.69) is 90.4 Å². The first-order valence-electron chi connectivity index (χ1n) is 46.1. The molecule has 0 unspecified atom stereocenters. The summed E-state index contributed by atoms with van der Waals surface area (Å²) >= 11 is 0. The molecule has 5 aliphatic heterocycles. The van der Waals surface area contributed by atoms with Gasteiger partial charge < -0.3 is 139 Å². The Kier molecular flexibility index (Phi) is 44.8. The van der Waals surface area contributed by atoms with E-state index in [1.807, 2.05) is 0 Å². The Labute approximate surface area is 832 Å². The molecule has 5 aliphatic rings. The van der Waals surface area contributed by atoms with Crippen LogP contribution in [0.15, 0.2) is 78.9 Å². The Hall–Kier alpha value is -13.7. The van der Waals surface area contributed by atoms with Gasteiger partial charge in [0.25, 0.3) is 0 Å². The molecule has 22 amide bonds. The third-order valence-corrected chi connectivity index (χ3v) is 28.4. The summed E-state index contributed by atoms with van der Waals surface area (Å²) in [5, 5.41) is 71.8. The first kappa shape index (κ1) is 114. The van der Waals surface area contributed by atoms with Crippen molar-refractivity contribution in [2.75, 3.05) is 55.7 Å². The van der Waals surface area contributed by atoms with Crippen LogP contribution in [-0.4, -0.2) is 308 Å². The lowest BCUT2D eigenvalue weighted by Gasteiger charge is -2.31. The standard InChI is InChI=1S/C89H125N25O24S4/c1-5-45(4)72-86(136)103-53(26-28-67(91)118)76(126)108-59(37-69(93)120)80(130)111-63-43-142-140-41-61(83(133)106-57(81(131)112-72)35-48-19-23-50(116)24-20-48)99-70(121)38-97-73(123)51(14-9-29-96-89(94)95)102-84(134)64-15-10-30-113(64)87(137)62-42-141-139-40-60(100-71(122)39-98-74(124)54(32-44(2)3)109-85(135)65-16-11-31-114(65)88(63)138)82(132)105-56(34-47-17-21-49(115)22-18-47)78(128)104-55(33-46-12-7-6-8-13-46)77(127)101-52(25-27-66(90)117)75(125)107-58(36-68(92)119)79(129)110-62/h6-8,12-13,17-24,44-45,51-65,72,115-116H,5,9-11,14-16,25-43H2,1-4H3,(H2,90,117)(H2,91,118)(H2,92,119)(H2,93,120)(H,97,123)(H,98,124)(H,99,121)(H,100,122)(H,101,127)(H,102,134)(H,103,136)(H,104,128)(H,105,132)(H,106,133)(H,107,125)(H,108,126)(H,109,135)(H,110,129)(H,111,130)(H,112,131)(H4,94,95,96)/t45-,51-,52-,53-,54-,55-,56-,57-,58-,59-,60-,61-,62-,63-,64-,65-,72-/m0/s1. The van der Waals surface area contributed by atoms with E-state index in [4.69, 9.17) is 34.1 Å². The van der Waals surface area contributed by atoms with Gasteiger partial charge in [0.15, 0.2) is 5.96 Å². The first-order chi connectivity index (χ1) is 67.4. The summed E-state index contributed by atoms with van der Waals surface area (Å²) in [5.41, 5.74) is 29.2. The van der Waals surface area contributed by atoms with Crippen LogP contribution in [0, 0.1) is 17.2 Å². The molecular weight excluding hydrogens is 1930 g/mol. The molecule has 8 rings (SSSR count). The number of fused-ring (bicyclic) bond motifs is 12. The molecule has 0 radical (unpaired) electrons. The lowest BCUT2D eigenvalue weighted by atomic mass is 9.96. The van der Waals surface area contributed by atoms with Crippen molar-refractivity contribution in [3.63, 3.8) is 0 Å². The van der Waals surface area contributed by atoms with Gasteiger partial charge in [0, 0.05) is 74.7 Å². The number of carbonyl (C=O) groups is 22. The second kappa shape index (κ2) is 56.1. The maximum Gasteiger partial charge on any atom is 0.246 e. The van der Waals surface area contributed by atoms with Gasteiger partial charge in [-0.15, -0.1) is 0 Å². The number of phenolic OH excluding ortho intramolecular Hbond substituents is 2. The van der Waals surface area contributed by atoms with Crippen molar-refractivity contribution in [3.05, 3.63) is 95.6 Å².